The van der Waals surface area contributed by atoms with E-state index < -0.39 is 0 Å². The predicted octanol–water partition coefficient (Wildman–Crippen LogP) is 3.23. The summed E-state index contributed by atoms with van der Waals surface area (Å²) in [6.07, 6.45) is 2.16. The number of likely N-dealkylation sites (tertiary alicyclic amines) is 1. The molecule has 140 valence electrons. The van der Waals surface area contributed by atoms with Gasteiger partial charge in [-0.3, -0.25) is 4.79 Å². The van der Waals surface area contributed by atoms with Crippen LogP contribution in [0.4, 0.5) is 4.39 Å². The van der Waals surface area contributed by atoms with Gasteiger partial charge in [0.15, 0.2) is 5.76 Å². The molecule has 2 aromatic rings. The molecule has 5 nitrogen and oxygen atoms in total. The van der Waals surface area contributed by atoms with E-state index in [1.54, 1.807) is 24.3 Å². The van der Waals surface area contributed by atoms with E-state index >= 15 is 0 Å². The quantitative estimate of drug-likeness (QED) is 0.884. The van der Waals surface area contributed by atoms with Crippen molar-refractivity contribution in [2.24, 2.45) is 17.6 Å². The molecule has 2 fully saturated rings. The number of carbonyl (C=O) groups is 1. The number of ether oxygens (including phenoxy) is 1. The van der Waals surface area contributed by atoms with E-state index in [0.717, 1.165) is 19.4 Å². The third-order valence-electron chi connectivity index (χ3n) is 5.27. The number of hydrogen-bond donors (Lipinski definition) is 1. The van der Waals surface area contributed by atoms with Gasteiger partial charge in [-0.15, -0.1) is 12.4 Å². The van der Waals surface area contributed by atoms with Crippen LogP contribution in [0.3, 0.4) is 0 Å². The summed E-state index contributed by atoms with van der Waals surface area (Å²) < 4.78 is 24.0. The first-order chi connectivity index (χ1) is 12.1. The van der Waals surface area contributed by atoms with Crippen molar-refractivity contribution in [3.8, 4) is 5.75 Å². The molecule has 1 aliphatic carbocycles. The van der Waals surface area contributed by atoms with Crippen LogP contribution in [0, 0.1) is 17.7 Å². The Morgan fingerprint density at radius 2 is 1.96 bits per heavy atom. The number of furan rings is 1. The lowest BCUT2D eigenvalue weighted by Gasteiger charge is -2.17. The zero-order valence-corrected chi connectivity index (χ0v) is 15.1. The lowest BCUT2D eigenvalue weighted by molar-refractivity contribution is 0.0743. The first kappa shape index (κ1) is 18.7. The van der Waals surface area contributed by atoms with E-state index in [9.17, 15) is 9.18 Å². The van der Waals surface area contributed by atoms with Crippen LogP contribution in [0.25, 0.3) is 0 Å². The zero-order chi connectivity index (χ0) is 17.4. The molecule has 4 rings (SSSR count). The summed E-state index contributed by atoms with van der Waals surface area (Å²) in [7, 11) is 0. The van der Waals surface area contributed by atoms with Gasteiger partial charge in [0.05, 0.1) is 0 Å². The molecule has 0 radical (unpaired) electrons. The lowest BCUT2D eigenvalue weighted by Crippen LogP contribution is -2.33. The van der Waals surface area contributed by atoms with Crippen LogP contribution < -0.4 is 10.5 Å². The molecule has 2 N–H and O–H groups in total. The topological polar surface area (TPSA) is 68.7 Å². The fourth-order valence-corrected chi connectivity index (χ4v) is 3.88. The Morgan fingerprint density at radius 3 is 2.69 bits per heavy atom. The molecule has 1 aliphatic heterocycles. The van der Waals surface area contributed by atoms with Gasteiger partial charge in [0.1, 0.15) is 23.9 Å². The average Bonchev–Trinajstić information content (AvgIpc) is 3.32. The van der Waals surface area contributed by atoms with E-state index in [-0.39, 0.29) is 36.8 Å². The molecule has 1 aromatic carbocycles. The van der Waals surface area contributed by atoms with Gasteiger partial charge in [0.25, 0.3) is 5.91 Å². The summed E-state index contributed by atoms with van der Waals surface area (Å²) >= 11 is 0. The van der Waals surface area contributed by atoms with Gasteiger partial charge in [0, 0.05) is 19.1 Å². The van der Waals surface area contributed by atoms with E-state index in [1.165, 1.54) is 12.1 Å². The average molecular weight is 381 g/mol. The first-order valence-electron chi connectivity index (χ1n) is 8.62. The van der Waals surface area contributed by atoms with Crippen molar-refractivity contribution in [2.75, 3.05) is 13.1 Å². The van der Waals surface area contributed by atoms with Gasteiger partial charge >= 0.3 is 0 Å². The Kier molecular flexibility index (Phi) is 5.53. The number of carbonyl (C=O) groups excluding carboxylic acids is 1. The number of halogens is 2. The standard InChI is InChI=1S/C19H21FN2O3.ClH/c20-13-2-4-14(5-3-13)24-11-15-6-8-18(25-15)19(23)22-9-12-1-7-17(21)16(12)10-22;/h2-6,8,12,16-17H,1,7,9-11,21H2;1H. The normalized spacial score (nSPS) is 24.2. The van der Waals surface area contributed by atoms with Crippen LogP contribution in [0.2, 0.25) is 0 Å². The van der Waals surface area contributed by atoms with Crippen LogP contribution in [0.15, 0.2) is 40.8 Å². The van der Waals surface area contributed by atoms with Gasteiger partial charge in [-0.05, 0) is 61.1 Å². The van der Waals surface area contributed by atoms with Crippen molar-refractivity contribution < 1.29 is 18.3 Å². The Bertz CT molecular complexity index is 764. The molecule has 1 amide bonds. The fourth-order valence-electron chi connectivity index (χ4n) is 3.88. The third-order valence-corrected chi connectivity index (χ3v) is 5.27. The molecule has 1 saturated heterocycles. The van der Waals surface area contributed by atoms with Crippen molar-refractivity contribution in [3.63, 3.8) is 0 Å². The number of benzene rings is 1. The van der Waals surface area contributed by atoms with Crippen molar-refractivity contribution in [1.82, 2.24) is 4.90 Å². The Balaban J connectivity index is 0.00000196. The van der Waals surface area contributed by atoms with Gasteiger partial charge in [-0.1, -0.05) is 0 Å². The van der Waals surface area contributed by atoms with Crippen molar-refractivity contribution in [2.45, 2.75) is 25.5 Å². The number of hydrogen-bond acceptors (Lipinski definition) is 4. The molecule has 0 spiro atoms. The monoisotopic (exact) mass is 380 g/mol. The third kappa shape index (κ3) is 3.71. The summed E-state index contributed by atoms with van der Waals surface area (Å²) in [6, 6.07) is 9.40. The van der Waals surface area contributed by atoms with E-state index in [0.29, 0.717) is 35.7 Å². The molecule has 2 aliphatic rings. The molecule has 7 heteroatoms. The predicted molar refractivity (Wildman–Crippen MR) is 96.8 cm³/mol. The Morgan fingerprint density at radius 1 is 1.19 bits per heavy atom. The van der Waals surface area contributed by atoms with Crippen molar-refractivity contribution in [1.29, 1.82) is 0 Å². The highest BCUT2D eigenvalue weighted by Gasteiger charge is 2.43. The van der Waals surface area contributed by atoms with Crippen LogP contribution in [-0.4, -0.2) is 29.9 Å². The minimum absolute atomic E-state index is 0. The summed E-state index contributed by atoms with van der Waals surface area (Å²) in [5.74, 6) is 1.97. The Labute approximate surface area is 157 Å². The number of amides is 1. The molecule has 2 heterocycles. The second-order valence-electron chi connectivity index (χ2n) is 6.88. The maximum Gasteiger partial charge on any atom is 0.289 e. The van der Waals surface area contributed by atoms with Crippen LogP contribution in [-0.2, 0) is 6.61 Å². The summed E-state index contributed by atoms with van der Waals surface area (Å²) in [4.78, 5) is 14.5. The minimum atomic E-state index is -0.312. The van der Waals surface area contributed by atoms with Gasteiger partial charge in [-0.2, -0.15) is 0 Å². The molecular weight excluding hydrogens is 359 g/mol. The van der Waals surface area contributed by atoms with E-state index in [4.69, 9.17) is 14.9 Å². The largest absolute Gasteiger partial charge is 0.486 e. The summed E-state index contributed by atoms with van der Waals surface area (Å²) in [6.45, 7) is 1.67. The van der Waals surface area contributed by atoms with Gasteiger partial charge in [-0.25, -0.2) is 4.39 Å². The molecule has 0 bridgehead atoms. The highest BCUT2D eigenvalue weighted by Crippen LogP contribution is 2.37. The molecule has 1 aromatic heterocycles. The summed E-state index contributed by atoms with van der Waals surface area (Å²) in [5.41, 5.74) is 6.13. The molecular formula is C19H22ClFN2O3. The number of fused-ring (bicyclic) bond motifs is 1. The molecule has 26 heavy (non-hydrogen) atoms. The highest BCUT2D eigenvalue weighted by atomic mass is 35.5. The van der Waals surface area contributed by atoms with Gasteiger partial charge < -0.3 is 19.8 Å². The highest BCUT2D eigenvalue weighted by molar-refractivity contribution is 5.91. The molecule has 3 unspecified atom stereocenters. The number of nitrogens with two attached hydrogens (primary N) is 1. The lowest BCUT2D eigenvalue weighted by atomic mass is 9.98. The maximum absolute atomic E-state index is 12.9. The smallest absolute Gasteiger partial charge is 0.289 e. The number of nitrogens with zero attached hydrogens (tertiary/aromatic N) is 1. The molecule has 1 saturated carbocycles. The zero-order valence-electron chi connectivity index (χ0n) is 14.3. The van der Waals surface area contributed by atoms with Crippen molar-refractivity contribution in [3.05, 3.63) is 53.7 Å². The number of rotatable bonds is 4. The maximum atomic E-state index is 12.9. The van der Waals surface area contributed by atoms with Crippen LogP contribution in [0.5, 0.6) is 5.75 Å². The fraction of sp³-hybridized carbons (Fsp3) is 0.421. The Hall–Kier alpha value is -2.05. The van der Waals surface area contributed by atoms with Crippen LogP contribution in [0.1, 0.15) is 29.2 Å². The van der Waals surface area contributed by atoms with Crippen LogP contribution >= 0.6 is 12.4 Å². The van der Waals surface area contributed by atoms with Gasteiger partial charge in [0.2, 0.25) is 0 Å². The second-order valence-corrected chi connectivity index (χ2v) is 6.88. The van der Waals surface area contributed by atoms with E-state index in [2.05, 4.69) is 0 Å². The first-order valence-corrected chi connectivity index (χ1v) is 8.62. The SMILES string of the molecule is Cl.NC1CCC2CN(C(=O)c3ccc(COc4ccc(F)cc4)o3)CC12. The van der Waals surface area contributed by atoms with E-state index in [1.807, 2.05) is 4.90 Å². The summed E-state index contributed by atoms with van der Waals surface area (Å²) in [5, 5.41) is 0. The minimum Gasteiger partial charge on any atom is -0.486 e. The second kappa shape index (κ2) is 7.68. The molecule has 3 atom stereocenters. The van der Waals surface area contributed by atoms with Crippen molar-refractivity contribution >= 4 is 18.3 Å².